The fourth-order valence-electron chi connectivity index (χ4n) is 3.27. The number of carbonyl (C=O) groups is 1. The summed E-state index contributed by atoms with van der Waals surface area (Å²) in [6, 6.07) is 8.58. The van der Waals surface area contributed by atoms with Crippen LogP contribution in [-0.4, -0.2) is 44.1 Å². The van der Waals surface area contributed by atoms with Crippen molar-refractivity contribution < 1.29 is 4.79 Å². The maximum atomic E-state index is 12.3. The van der Waals surface area contributed by atoms with Crippen LogP contribution in [-0.2, 0) is 24.3 Å². The van der Waals surface area contributed by atoms with Gasteiger partial charge in [-0.15, -0.1) is 5.10 Å². The normalized spacial score (nSPS) is 21.0. The smallest absolute Gasteiger partial charge is 0.237 e. The fourth-order valence-corrected chi connectivity index (χ4v) is 3.27. The van der Waals surface area contributed by atoms with Gasteiger partial charge in [0.2, 0.25) is 5.91 Å². The molecule has 23 heavy (non-hydrogen) atoms. The molecule has 1 saturated carbocycles. The molecule has 7 heteroatoms. The lowest BCUT2D eigenvalue weighted by Crippen LogP contribution is -2.49. The molecule has 1 aliphatic heterocycles. The van der Waals surface area contributed by atoms with Crippen molar-refractivity contribution in [1.29, 1.82) is 0 Å². The molecule has 0 saturated heterocycles. The van der Waals surface area contributed by atoms with Crippen molar-refractivity contribution >= 4 is 5.91 Å². The van der Waals surface area contributed by atoms with Gasteiger partial charge in [-0.25, -0.2) is 4.68 Å². The van der Waals surface area contributed by atoms with Crippen LogP contribution in [0.5, 0.6) is 0 Å². The molecule has 1 fully saturated rings. The zero-order chi connectivity index (χ0) is 15.8. The number of rotatable bonds is 4. The number of aromatic nitrogens is 4. The average Bonchev–Trinajstić information content (AvgIpc) is 3.33. The minimum Gasteiger partial charge on any atom is -0.358 e. The Balaban J connectivity index is 1.61. The third kappa shape index (κ3) is 2.72. The summed E-state index contributed by atoms with van der Waals surface area (Å²) in [6.45, 7) is 1.34. The van der Waals surface area contributed by atoms with E-state index in [9.17, 15) is 4.79 Å². The minimum absolute atomic E-state index is 0.0462. The Morgan fingerprint density at radius 2 is 2.09 bits per heavy atom. The minimum atomic E-state index is -0.181. The first-order valence-corrected chi connectivity index (χ1v) is 8.05. The van der Waals surface area contributed by atoms with Crippen LogP contribution in [0.25, 0.3) is 0 Å². The summed E-state index contributed by atoms with van der Waals surface area (Å²) >= 11 is 0. The van der Waals surface area contributed by atoms with Crippen LogP contribution < -0.4 is 5.32 Å². The van der Waals surface area contributed by atoms with Crippen LogP contribution in [0.15, 0.2) is 24.3 Å². The first kappa shape index (κ1) is 14.3. The highest BCUT2D eigenvalue weighted by Crippen LogP contribution is 2.35. The molecule has 7 nitrogen and oxygen atoms in total. The maximum Gasteiger partial charge on any atom is 0.237 e. The van der Waals surface area contributed by atoms with Gasteiger partial charge in [-0.2, -0.15) is 0 Å². The summed E-state index contributed by atoms with van der Waals surface area (Å²) in [6.07, 6.45) is 3.00. The van der Waals surface area contributed by atoms with E-state index in [1.165, 1.54) is 11.1 Å². The molecule has 0 bridgehead atoms. The van der Waals surface area contributed by atoms with E-state index >= 15 is 0 Å². The van der Waals surface area contributed by atoms with Crippen LogP contribution in [0.2, 0.25) is 0 Å². The fraction of sp³-hybridized carbons (Fsp3) is 0.500. The quantitative estimate of drug-likeness (QED) is 0.898. The Labute approximate surface area is 134 Å². The second-order valence-corrected chi connectivity index (χ2v) is 6.28. The third-order valence-corrected chi connectivity index (χ3v) is 4.69. The van der Waals surface area contributed by atoms with Crippen LogP contribution in [0.3, 0.4) is 0 Å². The lowest BCUT2D eigenvalue weighted by Gasteiger charge is -2.35. The molecule has 0 unspecified atom stereocenters. The van der Waals surface area contributed by atoms with Crippen molar-refractivity contribution in [3.8, 4) is 0 Å². The molecule has 1 aromatic heterocycles. The van der Waals surface area contributed by atoms with E-state index < -0.39 is 0 Å². The number of nitrogens with one attached hydrogen (secondary N) is 1. The first-order valence-electron chi connectivity index (χ1n) is 8.05. The van der Waals surface area contributed by atoms with Crippen LogP contribution in [0.1, 0.15) is 35.8 Å². The number of hydrogen-bond acceptors (Lipinski definition) is 5. The van der Waals surface area contributed by atoms with Gasteiger partial charge in [0, 0.05) is 13.6 Å². The molecule has 120 valence electrons. The van der Waals surface area contributed by atoms with Gasteiger partial charge in [-0.3, -0.25) is 9.69 Å². The van der Waals surface area contributed by atoms with Crippen molar-refractivity contribution in [2.45, 2.75) is 44.4 Å². The van der Waals surface area contributed by atoms with Gasteiger partial charge in [0.25, 0.3) is 0 Å². The van der Waals surface area contributed by atoms with Crippen molar-refractivity contribution in [1.82, 2.24) is 30.4 Å². The molecule has 2 aliphatic rings. The highest BCUT2D eigenvalue weighted by molar-refractivity contribution is 5.82. The van der Waals surface area contributed by atoms with E-state index in [0.717, 1.165) is 31.6 Å². The molecule has 0 spiro atoms. The highest BCUT2D eigenvalue weighted by atomic mass is 16.2. The summed E-state index contributed by atoms with van der Waals surface area (Å²) in [5, 5.41) is 14.9. The number of hydrogen-bond donors (Lipinski definition) is 1. The van der Waals surface area contributed by atoms with Gasteiger partial charge in [0.05, 0.1) is 18.6 Å². The maximum absolute atomic E-state index is 12.3. The van der Waals surface area contributed by atoms with Gasteiger partial charge in [-0.1, -0.05) is 24.3 Å². The standard InChI is InChI=1S/C16H20N6O/c1-17-16(23)14-8-11-4-2-3-5-12(11)9-21(14)10-15-18-19-20-22(15)13-6-7-13/h2-5,13-14H,6-10H2,1H3,(H,17,23)/t14-/m0/s1. The van der Waals surface area contributed by atoms with E-state index in [1.54, 1.807) is 7.05 Å². The molecule has 1 N–H and O–H groups in total. The number of amides is 1. The van der Waals surface area contributed by atoms with E-state index in [4.69, 9.17) is 0 Å². The summed E-state index contributed by atoms with van der Waals surface area (Å²) in [5.74, 6) is 0.894. The molecule has 1 aliphatic carbocycles. The summed E-state index contributed by atoms with van der Waals surface area (Å²) < 4.78 is 1.92. The molecule has 1 aromatic carbocycles. The third-order valence-electron chi connectivity index (χ3n) is 4.69. The summed E-state index contributed by atoms with van der Waals surface area (Å²) in [7, 11) is 1.69. The molecule has 1 atom stereocenters. The van der Waals surface area contributed by atoms with E-state index in [2.05, 4.69) is 37.9 Å². The average molecular weight is 312 g/mol. The number of carbonyl (C=O) groups excluding carboxylic acids is 1. The topological polar surface area (TPSA) is 75.9 Å². The number of likely N-dealkylation sites (N-methyl/N-ethyl adjacent to an activating group) is 1. The molecular formula is C16H20N6O. The van der Waals surface area contributed by atoms with Crippen molar-refractivity contribution in [3.05, 3.63) is 41.2 Å². The molecular weight excluding hydrogens is 292 g/mol. The Hall–Kier alpha value is -2.28. The highest BCUT2D eigenvalue weighted by Gasteiger charge is 2.34. The SMILES string of the molecule is CNC(=O)[C@@H]1Cc2ccccc2CN1Cc1nnnn1C1CC1. The van der Waals surface area contributed by atoms with Gasteiger partial charge >= 0.3 is 0 Å². The van der Waals surface area contributed by atoms with Crippen LogP contribution in [0.4, 0.5) is 0 Å². The summed E-state index contributed by atoms with van der Waals surface area (Å²) in [4.78, 5) is 14.5. The van der Waals surface area contributed by atoms with Gasteiger partial charge in [0.15, 0.2) is 5.82 Å². The van der Waals surface area contributed by atoms with E-state index in [1.807, 2.05) is 16.8 Å². The largest absolute Gasteiger partial charge is 0.358 e. The first-order chi connectivity index (χ1) is 11.3. The van der Waals surface area contributed by atoms with Gasteiger partial charge in [-0.05, 0) is 40.8 Å². The lowest BCUT2D eigenvalue weighted by molar-refractivity contribution is -0.126. The van der Waals surface area contributed by atoms with Crippen molar-refractivity contribution in [2.75, 3.05) is 7.05 Å². The second-order valence-electron chi connectivity index (χ2n) is 6.28. The van der Waals surface area contributed by atoms with E-state index in [-0.39, 0.29) is 11.9 Å². The van der Waals surface area contributed by atoms with Crippen LogP contribution >= 0.6 is 0 Å². The molecule has 2 aromatic rings. The number of benzene rings is 1. The second kappa shape index (κ2) is 5.73. The van der Waals surface area contributed by atoms with Crippen LogP contribution in [0, 0.1) is 0 Å². The Kier molecular flexibility index (Phi) is 3.57. The number of nitrogens with zero attached hydrogens (tertiary/aromatic N) is 5. The van der Waals surface area contributed by atoms with Crippen molar-refractivity contribution in [3.63, 3.8) is 0 Å². The molecule has 0 radical (unpaired) electrons. The monoisotopic (exact) mass is 312 g/mol. The Morgan fingerprint density at radius 3 is 2.83 bits per heavy atom. The number of tetrazole rings is 1. The zero-order valence-corrected chi connectivity index (χ0v) is 13.1. The predicted octanol–water partition coefficient (Wildman–Crippen LogP) is 0.681. The predicted molar refractivity (Wildman–Crippen MR) is 83.3 cm³/mol. The van der Waals surface area contributed by atoms with Crippen molar-refractivity contribution in [2.24, 2.45) is 0 Å². The molecule has 1 amide bonds. The van der Waals surface area contributed by atoms with Gasteiger partial charge in [0.1, 0.15) is 0 Å². The van der Waals surface area contributed by atoms with Gasteiger partial charge < -0.3 is 5.32 Å². The Bertz CT molecular complexity index is 723. The number of fused-ring (bicyclic) bond motifs is 1. The molecule has 2 heterocycles. The molecule has 4 rings (SSSR count). The Morgan fingerprint density at radius 1 is 1.30 bits per heavy atom. The lowest BCUT2D eigenvalue weighted by atomic mass is 9.93. The summed E-state index contributed by atoms with van der Waals surface area (Å²) in [5.41, 5.74) is 2.53. The zero-order valence-electron chi connectivity index (χ0n) is 13.1. The van der Waals surface area contributed by atoms with E-state index in [0.29, 0.717) is 12.6 Å².